The fourth-order valence-electron chi connectivity index (χ4n) is 2.77. The summed E-state index contributed by atoms with van der Waals surface area (Å²) in [7, 11) is -3.46. The SMILES string of the molecule is CS(=O)(=O)C1(C(=O)NCCc2cccc(Cl)c2)CCNCC1. The van der Waals surface area contributed by atoms with E-state index in [4.69, 9.17) is 11.6 Å². The molecule has 0 saturated carbocycles. The predicted octanol–water partition coefficient (Wildman–Crippen LogP) is 1.17. The molecule has 1 aliphatic heterocycles. The van der Waals surface area contributed by atoms with Crippen LogP contribution in [0.4, 0.5) is 0 Å². The number of rotatable bonds is 5. The summed E-state index contributed by atoms with van der Waals surface area (Å²) in [6.07, 6.45) is 2.39. The van der Waals surface area contributed by atoms with Gasteiger partial charge in [-0.15, -0.1) is 0 Å². The van der Waals surface area contributed by atoms with Crippen LogP contribution in [0.5, 0.6) is 0 Å². The second-order valence-corrected chi connectivity index (χ2v) is 8.41. The fourth-order valence-corrected chi connectivity index (χ4v) is 4.34. The summed E-state index contributed by atoms with van der Waals surface area (Å²) in [6, 6.07) is 7.40. The highest BCUT2D eigenvalue weighted by atomic mass is 35.5. The molecule has 0 spiro atoms. The van der Waals surface area contributed by atoms with Crippen molar-refractivity contribution in [1.29, 1.82) is 0 Å². The number of benzene rings is 1. The molecule has 0 radical (unpaired) electrons. The minimum absolute atomic E-state index is 0.314. The Balaban J connectivity index is 2.00. The zero-order chi connectivity index (χ0) is 16.2. The molecule has 1 aliphatic rings. The number of piperidine rings is 1. The number of halogens is 1. The normalized spacial score (nSPS) is 17.9. The molecule has 122 valence electrons. The standard InChI is InChI=1S/C15H21ClN2O3S/c1-22(20,21)15(6-9-17-10-7-15)14(19)18-8-5-12-3-2-4-13(16)11-12/h2-4,11,17H,5-10H2,1H3,(H,18,19). The smallest absolute Gasteiger partial charge is 0.241 e. The Morgan fingerprint density at radius 1 is 1.36 bits per heavy atom. The quantitative estimate of drug-likeness (QED) is 0.840. The molecule has 0 aliphatic carbocycles. The van der Waals surface area contributed by atoms with E-state index >= 15 is 0 Å². The molecule has 1 saturated heterocycles. The van der Waals surface area contributed by atoms with Crippen LogP contribution in [0.2, 0.25) is 5.02 Å². The molecular weight excluding hydrogens is 324 g/mol. The molecule has 7 heteroatoms. The highest BCUT2D eigenvalue weighted by molar-refractivity contribution is 7.92. The third kappa shape index (κ3) is 3.80. The molecule has 1 heterocycles. The topological polar surface area (TPSA) is 75.3 Å². The Hall–Kier alpha value is -1.11. The second kappa shape index (κ2) is 6.98. The Kier molecular flexibility index (Phi) is 5.47. The van der Waals surface area contributed by atoms with Crippen molar-refractivity contribution in [1.82, 2.24) is 10.6 Å². The van der Waals surface area contributed by atoms with Crippen molar-refractivity contribution in [2.24, 2.45) is 0 Å². The van der Waals surface area contributed by atoms with Crippen molar-refractivity contribution in [3.8, 4) is 0 Å². The van der Waals surface area contributed by atoms with E-state index in [0.717, 1.165) is 11.8 Å². The zero-order valence-electron chi connectivity index (χ0n) is 12.6. The van der Waals surface area contributed by atoms with Crippen molar-refractivity contribution in [3.63, 3.8) is 0 Å². The monoisotopic (exact) mass is 344 g/mol. The van der Waals surface area contributed by atoms with Crippen LogP contribution in [0.3, 0.4) is 0 Å². The number of amides is 1. The van der Waals surface area contributed by atoms with Gasteiger partial charge >= 0.3 is 0 Å². The number of hydrogen-bond acceptors (Lipinski definition) is 4. The number of sulfone groups is 1. The summed E-state index contributed by atoms with van der Waals surface area (Å²) >= 11 is 5.92. The first kappa shape index (κ1) is 17.2. The highest BCUT2D eigenvalue weighted by Crippen LogP contribution is 2.27. The minimum Gasteiger partial charge on any atom is -0.354 e. The summed E-state index contributed by atoms with van der Waals surface area (Å²) < 4.78 is 22.9. The maximum Gasteiger partial charge on any atom is 0.241 e. The van der Waals surface area contributed by atoms with Crippen LogP contribution in [-0.4, -0.2) is 45.0 Å². The van der Waals surface area contributed by atoms with Crippen molar-refractivity contribution in [2.45, 2.75) is 24.0 Å². The van der Waals surface area contributed by atoms with Crippen LogP contribution in [0, 0.1) is 0 Å². The molecule has 1 fully saturated rings. The first-order chi connectivity index (χ1) is 10.3. The van der Waals surface area contributed by atoms with Gasteiger partial charge in [0.2, 0.25) is 5.91 Å². The molecule has 2 rings (SSSR count). The predicted molar refractivity (Wildman–Crippen MR) is 87.8 cm³/mol. The maximum atomic E-state index is 12.5. The van der Waals surface area contributed by atoms with Gasteiger partial charge in [-0.25, -0.2) is 8.42 Å². The van der Waals surface area contributed by atoms with Gasteiger partial charge in [0.1, 0.15) is 0 Å². The van der Waals surface area contributed by atoms with E-state index in [9.17, 15) is 13.2 Å². The van der Waals surface area contributed by atoms with Crippen LogP contribution in [0.1, 0.15) is 18.4 Å². The lowest BCUT2D eigenvalue weighted by atomic mass is 9.95. The van der Waals surface area contributed by atoms with Crippen molar-refractivity contribution in [3.05, 3.63) is 34.9 Å². The van der Waals surface area contributed by atoms with Gasteiger partial charge in [0.05, 0.1) is 0 Å². The van der Waals surface area contributed by atoms with E-state index in [1.165, 1.54) is 0 Å². The van der Waals surface area contributed by atoms with E-state index < -0.39 is 20.5 Å². The van der Waals surface area contributed by atoms with Gasteiger partial charge in [0.25, 0.3) is 0 Å². The average Bonchev–Trinajstić information content (AvgIpc) is 2.47. The molecule has 0 aromatic heterocycles. The summed E-state index contributed by atoms with van der Waals surface area (Å²) in [6.45, 7) is 1.47. The third-order valence-electron chi connectivity index (χ3n) is 4.12. The van der Waals surface area contributed by atoms with Crippen LogP contribution in [-0.2, 0) is 21.1 Å². The lowest BCUT2D eigenvalue weighted by molar-refractivity contribution is -0.124. The molecule has 22 heavy (non-hydrogen) atoms. The lowest BCUT2D eigenvalue weighted by Gasteiger charge is -2.34. The number of nitrogens with one attached hydrogen (secondary N) is 2. The van der Waals surface area contributed by atoms with E-state index in [-0.39, 0.29) is 0 Å². The molecular formula is C15H21ClN2O3S. The molecule has 0 atom stereocenters. The second-order valence-electron chi connectivity index (χ2n) is 5.65. The molecule has 1 aromatic rings. The highest BCUT2D eigenvalue weighted by Gasteiger charge is 2.48. The number of hydrogen-bond donors (Lipinski definition) is 2. The lowest BCUT2D eigenvalue weighted by Crippen LogP contribution is -2.57. The van der Waals surface area contributed by atoms with Crippen molar-refractivity contribution >= 4 is 27.3 Å². The first-order valence-electron chi connectivity index (χ1n) is 7.28. The van der Waals surface area contributed by atoms with Crippen molar-refractivity contribution < 1.29 is 13.2 Å². The van der Waals surface area contributed by atoms with Crippen LogP contribution in [0.15, 0.2) is 24.3 Å². The summed E-state index contributed by atoms with van der Waals surface area (Å²) in [4.78, 5) is 12.5. The summed E-state index contributed by atoms with van der Waals surface area (Å²) in [5, 5.41) is 6.52. The van der Waals surface area contributed by atoms with Gasteiger partial charge in [-0.1, -0.05) is 23.7 Å². The molecule has 1 amide bonds. The Morgan fingerprint density at radius 3 is 2.64 bits per heavy atom. The van der Waals surface area contributed by atoms with E-state index in [2.05, 4.69) is 10.6 Å². The van der Waals surface area contributed by atoms with Gasteiger partial charge < -0.3 is 10.6 Å². The van der Waals surface area contributed by atoms with E-state index in [0.29, 0.717) is 43.9 Å². The molecule has 0 bridgehead atoms. The minimum atomic E-state index is -3.46. The van der Waals surface area contributed by atoms with E-state index in [1.807, 2.05) is 18.2 Å². The van der Waals surface area contributed by atoms with Gasteiger partial charge in [-0.05, 0) is 50.0 Å². The third-order valence-corrected chi connectivity index (χ3v) is 6.37. The molecule has 0 unspecified atom stereocenters. The van der Waals surface area contributed by atoms with Gasteiger partial charge in [0.15, 0.2) is 14.6 Å². The van der Waals surface area contributed by atoms with Gasteiger partial charge in [-0.3, -0.25) is 4.79 Å². The maximum absolute atomic E-state index is 12.5. The zero-order valence-corrected chi connectivity index (χ0v) is 14.1. The fraction of sp³-hybridized carbons (Fsp3) is 0.533. The molecule has 1 aromatic carbocycles. The van der Waals surface area contributed by atoms with Gasteiger partial charge in [-0.2, -0.15) is 0 Å². The Morgan fingerprint density at radius 2 is 2.05 bits per heavy atom. The Bertz CT molecular complexity index is 640. The number of carbonyl (C=O) groups is 1. The largest absolute Gasteiger partial charge is 0.354 e. The van der Waals surface area contributed by atoms with E-state index in [1.54, 1.807) is 6.07 Å². The van der Waals surface area contributed by atoms with Crippen LogP contribution < -0.4 is 10.6 Å². The summed E-state index contributed by atoms with van der Waals surface area (Å²) in [5.41, 5.74) is 1.01. The first-order valence-corrected chi connectivity index (χ1v) is 9.55. The molecule has 2 N–H and O–H groups in total. The Labute approximate surface area is 136 Å². The van der Waals surface area contributed by atoms with Crippen molar-refractivity contribution in [2.75, 3.05) is 25.9 Å². The van der Waals surface area contributed by atoms with Crippen LogP contribution >= 0.6 is 11.6 Å². The van der Waals surface area contributed by atoms with Gasteiger partial charge in [0, 0.05) is 17.8 Å². The summed E-state index contributed by atoms with van der Waals surface area (Å²) in [5.74, 6) is -0.390. The van der Waals surface area contributed by atoms with Crippen LogP contribution in [0.25, 0.3) is 0 Å². The molecule has 5 nitrogen and oxygen atoms in total. The number of carbonyl (C=O) groups excluding carboxylic acids is 1. The average molecular weight is 345 g/mol.